The fourth-order valence-corrected chi connectivity index (χ4v) is 3.59. The van der Waals surface area contributed by atoms with Crippen LogP contribution >= 0.6 is 0 Å². The van der Waals surface area contributed by atoms with Crippen molar-refractivity contribution in [3.8, 4) is 0 Å². The van der Waals surface area contributed by atoms with Gasteiger partial charge in [-0.1, -0.05) is 30.3 Å². The highest BCUT2D eigenvalue weighted by atomic mass is 16.3. The van der Waals surface area contributed by atoms with E-state index in [0.717, 1.165) is 30.6 Å². The molecule has 0 fully saturated rings. The van der Waals surface area contributed by atoms with Crippen molar-refractivity contribution in [2.24, 2.45) is 0 Å². The van der Waals surface area contributed by atoms with Gasteiger partial charge in [-0.25, -0.2) is 0 Å². The molecule has 3 N–H and O–H groups in total. The van der Waals surface area contributed by atoms with Gasteiger partial charge in [0.2, 0.25) is 0 Å². The number of hydrogen-bond donors (Lipinski definition) is 3. The monoisotopic (exact) mass is 385 g/mol. The van der Waals surface area contributed by atoms with Gasteiger partial charge in [-0.3, -0.25) is 4.98 Å². The van der Waals surface area contributed by atoms with E-state index >= 15 is 0 Å². The zero-order valence-electron chi connectivity index (χ0n) is 16.9. The lowest BCUT2D eigenvalue weighted by molar-refractivity contribution is 0.0739. The molecule has 4 aromatic rings. The van der Waals surface area contributed by atoms with Crippen molar-refractivity contribution in [1.82, 2.24) is 9.97 Å². The van der Waals surface area contributed by atoms with Crippen LogP contribution in [-0.2, 0) is 18.4 Å². The number of aromatic amines is 1. The number of nitrogens with zero attached hydrogens (tertiary/aromatic N) is 1. The summed E-state index contributed by atoms with van der Waals surface area (Å²) in [5.41, 5.74) is 5.58. The normalized spacial score (nSPS) is 11.7. The molecule has 4 heteroatoms. The van der Waals surface area contributed by atoms with Gasteiger partial charge < -0.3 is 15.4 Å². The molecule has 0 aliphatic heterocycles. The van der Waals surface area contributed by atoms with Gasteiger partial charge in [0.1, 0.15) is 5.60 Å². The topological polar surface area (TPSA) is 60.9 Å². The molecule has 0 radical (unpaired) electrons. The summed E-state index contributed by atoms with van der Waals surface area (Å²) in [4.78, 5) is 7.60. The van der Waals surface area contributed by atoms with Crippen LogP contribution in [0.15, 0.2) is 73.1 Å². The SMILES string of the molecule is CC(C)(O)c1cc(Nc2ccc(CCCc3c[nH]c4ccccc34)cc2)ccn1. The molecule has 0 amide bonds. The van der Waals surface area contributed by atoms with Gasteiger partial charge in [0.05, 0.1) is 5.69 Å². The third-order valence-corrected chi connectivity index (χ3v) is 5.22. The highest BCUT2D eigenvalue weighted by molar-refractivity contribution is 5.83. The van der Waals surface area contributed by atoms with Crippen molar-refractivity contribution in [3.63, 3.8) is 0 Å². The molecule has 0 aliphatic rings. The van der Waals surface area contributed by atoms with Crippen molar-refractivity contribution in [2.75, 3.05) is 5.32 Å². The second-order valence-corrected chi connectivity index (χ2v) is 8.02. The molecule has 0 saturated heterocycles. The maximum atomic E-state index is 10.1. The van der Waals surface area contributed by atoms with Crippen LogP contribution in [0.3, 0.4) is 0 Å². The van der Waals surface area contributed by atoms with Gasteiger partial charge in [0, 0.05) is 34.7 Å². The Bertz CT molecular complexity index is 1090. The summed E-state index contributed by atoms with van der Waals surface area (Å²) in [5.74, 6) is 0. The number of aliphatic hydroxyl groups is 1. The van der Waals surface area contributed by atoms with E-state index in [2.05, 4.69) is 70.0 Å². The number of aromatic nitrogens is 2. The molecule has 4 rings (SSSR count). The van der Waals surface area contributed by atoms with E-state index in [1.54, 1.807) is 20.0 Å². The van der Waals surface area contributed by atoms with Gasteiger partial charge in [-0.2, -0.15) is 0 Å². The molecule has 0 spiro atoms. The minimum Gasteiger partial charge on any atom is -0.384 e. The number of H-pyrrole nitrogens is 1. The Labute approximate surface area is 171 Å². The largest absolute Gasteiger partial charge is 0.384 e. The van der Waals surface area contributed by atoms with E-state index < -0.39 is 5.60 Å². The Hall–Kier alpha value is -3.11. The van der Waals surface area contributed by atoms with Crippen LogP contribution in [0.25, 0.3) is 10.9 Å². The van der Waals surface area contributed by atoms with E-state index in [1.165, 1.54) is 22.0 Å². The molecule has 0 unspecified atom stereocenters. The first-order chi connectivity index (χ1) is 14.0. The molecule has 2 aromatic heterocycles. The molecule has 0 aliphatic carbocycles. The molecule has 4 nitrogen and oxygen atoms in total. The lowest BCUT2D eigenvalue weighted by atomic mass is 10.0. The number of anilines is 2. The second kappa shape index (κ2) is 8.10. The van der Waals surface area contributed by atoms with Gasteiger partial charge in [0.25, 0.3) is 0 Å². The first-order valence-corrected chi connectivity index (χ1v) is 10.1. The zero-order chi connectivity index (χ0) is 20.3. The lowest BCUT2D eigenvalue weighted by Crippen LogP contribution is -2.17. The Morgan fingerprint density at radius 2 is 1.76 bits per heavy atom. The van der Waals surface area contributed by atoms with Crippen LogP contribution in [0.1, 0.15) is 37.1 Å². The predicted molar refractivity (Wildman–Crippen MR) is 120 cm³/mol. The summed E-state index contributed by atoms with van der Waals surface area (Å²) in [6.45, 7) is 3.48. The Morgan fingerprint density at radius 1 is 0.966 bits per heavy atom. The number of nitrogens with one attached hydrogen (secondary N) is 2. The van der Waals surface area contributed by atoms with Crippen molar-refractivity contribution in [1.29, 1.82) is 0 Å². The number of pyridine rings is 1. The summed E-state index contributed by atoms with van der Waals surface area (Å²) in [6, 6.07) is 20.8. The second-order valence-electron chi connectivity index (χ2n) is 8.02. The van der Waals surface area contributed by atoms with Crippen LogP contribution in [-0.4, -0.2) is 15.1 Å². The summed E-state index contributed by atoms with van der Waals surface area (Å²) in [6.07, 6.45) is 7.09. The molecular weight excluding hydrogens is 358 g/mol. The molecule has 0 saturated carbocycles. The predicted octanol–water partition coefficient (Wildman–Crippen LogP) is 5.71. The van der Waals surface area contributed by atoms with Crippen molar-refractivity contribution in [3.05, 3.63) is 89.9 Å². The van der Waals surface area contributed by atoms with E-state index in [4.69, 9.17) is 0 Å². The fourth-order valence-electron chi connectivity index (χ4n) is 3.59. The maximum Gasteiger partial charge on any atom is 0.101 e. The third-order valence-electron chi connectivity index (χ3n) is 5.22. The average molecular weight is 386 g/mol. The first kappa shape index (κ1) is 19.2. The van der Waals surface area contributed by atoms with Gasteiger partial charge in [-0.05, 0) is 74.6 Å². The number of rotatable bonds is 7. The lowest BCUT2D eigenvalue weighted by Gasteiger charge is -2.17. The van der Waals surface area contributed by atoms with Crippen LogP contribution in [0.4, 0.5) is 11.4 Å². The Morgan fingerprint density at radius 3 is 2.55 bits per heavy atom. The minimum absolute atomic E-state index is 0.649. The maximum absolute atomic E-state index is 10.1. The van der Waals surface area contributed by atoms with Crippen LogP contribution < -0.4 is 5.32 Å². The Balaban J connectivity index is 1.35. The molecule has 0 bridgehead atoms. The molecule has 29 heavy (non-hydrogen) atoms. The van der Waals surface area contributed by atoms with Crippen LogP contribution in [0.2, 0.25) is 0 Å². The quantitative estimate of drug-likeness (QED) is 0.382. The summed E-state index contributed by atoms with van der Waals surface area (Å²) in [5, 5.41) is 14.8. The van der Waals surface area contributed by atoms with Crippen molar-refractivity contribution < 1.29 is 5.11 Å². The third kappa shape index (κ3) is 4.66. The smallest absolute Gasteiger partial charge is 0.101 e. The highest BCUT2D eigenvalue weighted by Gasteiger charge is 2.17. The standard InChI is InChI=1S/C25H27N3O/c1-25(2,29)24-16-21(14-15-26-24)28-20-12-10-18(11-13-20)6-5-7-19-17-27-23-9-4-3-8-22(19)23/h3-4,8-17,27,29H,5-7H2,1-2H3,(H,26,28). The van der Waals surface area contributed by atoms with E-state index in [-0.39, 0.29) is 0 Å². The van der Waals surface area contributed by atoms with Crippen molar-refractivity contribution in [2.45, 2.75) is 38.7 Å². The van der Waals surface area contributed by atoms with E-state index in [0.29, 0.717) is 5.69 Å². The zero-order valence-corrected chi connectivity index (χ0v) is 16.9. The number of fused-ring (bicyclic) bond motifs is 1. The number of aryl methyl sites for hydroxylation is 2. The van der Waals surface area contributed by atoms with Gasteiger partial charge >= 0.3 is 0 Å². The van der Waals surface area contributed by atoms with Gasteiger partial charge in [0.15, 0.2) is 0 Å². The highest BCUT2D eigenvalue weighted by Crippen LogP contribution is 2.24. The van der Waals surface area contributed by atoms with E-state index in [1.807, 2.05) is 12.1 Å². The number of para-hydroxylation sites is 1. The number of hydrogen-bond acceptors (Lipinski definition) is 3. The average Bonchev–Trinajstić information content (AvgIpc) is 3.12. The van der Waals surface area contributed by atoms with Gasteiger partial charge in [-0.15, -0.1) is 0 Å². The summed E-state index contributed by atoms with van der Waals surface area (Å²) >= 11 is 0. The molecular formula is C25H27N3O. The van der Waals surface area contributed by atoms with Crippen LogP contribution in [0, 0.1) is 0 Å². The fraction of sp³-hybridized carbons (Fsp3) is 0.240. The molecule has 148 valence electrons. The van der Waals surface area contributed by atoms with Crippen molar-refractivity contribution >= 4 is 22.3 Å². The summed E-state index contributed by atoms with van der Waals surface area (Å²) < 4.78 is 0. The van der Waals surface area contributed by atoms with E-state index in [9.17, 15) is 5.11 Å². The van der Waals surface area contributed by atoms with Crippen LogP contribution in [0.5, 0.6) is 0 Å². The molecule has 0 atom stereocenters. The molecule has 2 heterocycles. The number of benzene rings is 2. The minimum atomic E-state index is -0.952. The summed E-state index contributed by atoms with van der Waals surface area (Å²) in [7, 11) is 0. The Kier molecular flexibility index (Phi) is 5.36. The molecule has 2 aromatic carbocycles. The first-order valence-electron chi connectivity index (χ1n) is 10.1.